The summed E-state index contributed by atoms with van der Waals surface area (Å²) in [5.41, 5.74) is 0.619. The third-order valence-electron chi connectivity index (χ3n) is 2.83. The van der Waals surface area contributed by atoms with Gasteiger partial charge in [-0.2, -0.15) is 0 Å². The van der Waals surface area contributed by atoms with E-state index in [-0.39, 0.29) is 0 Å². The molecule has 0 N–H and O–H groups in total. The SMILES string of the molecule is CC.Cc1nnc(-c2ccc(N3CCCC3)nn2)o1. The third-order valence-corrected chi connectivity index (χ3v) is 2.83. The first-order valence-electron chi connectivity index (χ1n) is 6.72. The molecule has 0 aliphatic carbocycles. The van der Waals surface area contributed by atoms with Gasteiger partial charge in [-0.1, -0.05) is 13.8 Å². The molecule has 102 valence electrons. The first-order valence-corrected chi connectivity index (χ1v) is 6.72. The van der Waals surface area contributed by atoms with Crippen molar-refractivity contribution in [3.05, 3.63) is 18.0 Å². The number of nitrogens with zero attached hydrogens (tertiary/aromatic N) is 5. The molecule has 19 heavy (non-hydrogen) atoms. The van der Waals surface area contributed by atoms with Gasteiger partial charge in [0.2, 0.25) is 5.89 Å². The summed E-state index contributed by atoms with van der Waals surface area (Å²) in [6, 6.07) is 3.82. The van der Waals surface area contributed by atoms with E-state index in [4.69, 9.17) is 4.42 Å². The fourth-order valence-corrected chi connectivity index (χ4v) is 1.95. The van der Waals surface area contributed by atoms with Gasteiger partial charge in [-0.25, -0.2) is 0 Å². The van der Waals surface area contributed by atoms with Gasteiger partial charge in [0.15, 0.2) is 5.82 Å². The molecule has 1 saturated heterocycles. The largest absolute Gasteiger partial charge is 0.420 e. The summed E-state index contributed by atoms with van der Waals surface area (Å²) in [7, 11) is 0. The Morgan fingerprint density at radius 2 is 1.74 bits per heavy atom. The zero-order chi connectivity index (χ0) is 13.7. The molecule has 0 spiro atoms. The van der Waals surface area contributed by atoms with E-state index in [0.29, 0.717) is 17.5 Å². The summed E-state index contributed by atoms with van der Waals surface area (Å²) in [6.45, 7) is 7.88. The van der Waals surface area contributed by atoms with E-state index < -0.39 is 0 Å². The second-order valence-electron chi connectivity index (χ2n) is 4.10. The van der Waals surface area contributed by atoms with Crippen LogP contribution in [0.5, 0.6) is 0 Å². The molecule has 0 bridgehead atoms. The Labute approximate surface area is 112 Å². The van der Waals surface area contributed by atoms with Crippen molar-refractivity contribution in [2.24, 2.45) is 0 Å². The van der Waals surface area contributed by atoms with Gasteiger partial charge in [0.25, 0.3) is 5.89 Å². The van der Waals surface area contributed by atoms with Crippen molar-refractivity contribution < 1.29 is 4.42 Å². The van der Waals surface area contributed by atoms with Crippen LogP contribution in [0, 0.1) is 6.92 Å². The number of hydrogen-bond donors (Lipinski definition) is 0. The van der Waals surface area contributed by atoms with Crippen LogP contribution in [0.4, 0.5) is 5.82 Å². The molecule has 0 amide bonds. The molecule has 3 rings (SSSR count). The minimum absolute atomic E-state index is 0.419. The minimum Gasteiger partial charge on any atom is -0.420 e. The van der Waals surface area contributed by atoms with E-state index in [0.717, 1.165) is 18.9 Å². The van der Waals surface area contributed by atoms with Crippen LogP contribution >= 0.6 is 0 Å². The highest BCUT2D eigenvalue weighted by atomic mass is 16.4. The van der Waals surface area contributed by atoms with Crippen LogP contribution in [0.15, 0.2) is 16.5 Å². The van der Waals surface area contributed by atoms with E-state index in [1.807, 2.05) is 26.0 Å². The molecule has 1 aliphatic rings. The average Bonchev–Trinajstić information content (AvgIpc) is 3.12. The third kappa shape index (κ3) is 3.07. The Morgan fingerprint density at radius 3 is 2.26 bits per heavy atom. The zero-order valence-corrected chi connectivity index (χ0v) is 11.6. The van der Waals surface area contributed by atoms with E-state index in [2.05, 4.69) is 25.3 Å². The molecular weight excluding hydrogens is 242 g/mol. The molecule has 0 saturated carbocycles. The molecule has 0 radical (unpaired) electrons. The predicted molar refractivity (Wildman–Crippen MR) is 72.9 cm³/mol. The van der Waals surface area contributed by atoms with Crippen molar-refractivity contribution in [1.82, 2.24) is 20.4 Å². The van der Waals surface area contributed by atoms with Crippen molar-refractivity contribution in [2.45, 2.75) is 33.6 Å². The smallest absolute Gasteiger partial charge is 0.268 e. The maximum absolute atomic E-state index is 5.30. The van der Waals surface area contributed by atoms with Gasteiger partial charge in [-0.05, 0) is 25.0 Å². The molecule has 2 aromatic heterocycles. The number of aromatic nitrogens is 4. The van der Waals surface area contributed by atoms with Gasteiger partial charge in [-0.3, -0.25) is 0 Å². The highest BCUT2D eigenvalue weighted by Crippen LogP contribution is 2.19. The monoisotopic (exact) mass is 261 g/mol. The molecule has 2 aromatic rings. The molecule has 6 heteroatoms. The van der Waals surface area contributed by atoms with Crippen LogP contribution in [-0.2, 0) is 0 Å². The van der Waals surface area contributed by atoms with Crippen LogP contribution in [0.25, 0.3) is 11.6 Å². The molecule has 0 atom stereocenters. The molecule has 3 heterocycles. The van der Waals surface area contributed by atoms with Crippen molar-refractivity contribution >= 4 is 5.82 Å². The van der Waals surface area contributed by atoms with Crippen molar-refractivity contribution in [2.75, 3.05) is 18.0 Å². The summed E-state index contributed by atoms with van der Waals surface area (Å²) < 4.78 is 5.30. The van der Waals surface area contributed by atoms with E-state index >= 15 is 0 Å². The van der Waals surface area contributed by atoms with Crippen LogP contribution in [0.1, 0.15) is 32.6 Å². The van der Waals surface area contributed by atoms with E-state index in [1.165, 1.54) is 12.8 Å². The van der Waals surface area contributed by atoms with E-state index in [9.17, 15) is 0 Å². The highest BCUT2D eigenvalue weighted by Gasteiger charge is 2.15. The normalized spacial score (nSPS) is 14.2. The first-order chi connectivity index (χ1) is 9.33. The quantitative estimate of drug-likeness (QED) is 0.827. The fourth-order valence-electron chi connectivity index (χ4n) is 1.95. The number of hydrogen-bond acceptors (Lipinski definition) is 6. The Morgan fingerprint density at radius 1 is 1.00 bits per heavy atom. The lowest BCUT2D eigenvalue weighted by Gasteiger charge is -2.14. The second kappa shape index (κ2) is 6.26. The Hall–Kier alpha value is -1.98. The lowest BCUT2D eigenvalue weighted by Crippen LogP contribution is -2.19. The fraction of sp³-hybridized carbons (Fsp3) is 0.538. The topological polar surface area (TPSA) is 67.9 Å². The second-order valence-corrected chi connectivity index (χ2v) is 4.10. The number of anilines is 1. The lowest BCUT2D eigenvalue weighted by molar-refractivity contribution is 0.530. The van der Waals surface area contributed by atoms with Crippen molar-refractivity contribution in [3.8, 4) is 11.6 Å². The molecule has 0 unspecified atom stereocenters. The van der Waals surface area contributed by atoms with Crippen LogP contribution < -0.4 is 4.90 Å². The predicted octanol–water partition coefficient (Wildman–Crippen LogP) is 2.46. The molecule has 6 nitrogen and oxygen atoms in total. The van der Waals surface area contributed by atoms with E-state index in [1.54, 1.807) is 6.92 Å². The Bertz CT molecular complexity index is 502. The van der Waals surface area contributed by atoms with Crippen LogP contribution in [-0.4, -0.2) is 33.5 Å². The summed E-state index contributed by atoms with van der Waals surface area (Å²) in [5.74, 6) is 1.87. The van der Waals surface area contributed by atoms with Crippen molar-refractivity contribution in [1.29, 1.82) is 0 Å². The van der Waals surface area contributed by atoms with Gasteiger partial charge in [0.1, 0.15) is 5.69 Å². The number of rotatable bonds is 2. The Balaban J connectivity index is 0.000000637. The summed E-state index contributed by atoms with van der Waals surface area (Å²) >= 11 is 0. The molecular formula is C13H19N5O. The lowest BCUT2D eigenvalue weighted by atomic mass is 10.4. The molecule has 1 fully saturated rings. The first kappa shape index (κ1) is 13.5. The number of aryl methyl sites for hydroxylation is 1. The van der Waals surface area contributed by atoms with Gasteiger partial charge in [0, 0.05) is 20.0 Å². The minimum atomic E-state index is 0.419. The summed E-state index contributed by atoms with van der Waals surface area (Å²) in [4.78, 5) is 2.23. The van der Waals surface area contributed by atoms with Gasteiger partial charge < -0.3 is 9.32 Å². The van der Waals surface area contributed by atoms with Crippen molar-refractivity contribution in [3.63, 3.8) is 0 Å². The maximum atomic E-state index is 5.30. The van der Waals surface area contributed by atoms with Crippen LogP contribution in [0.2, 0.25) is 0 Å². The average molecular weight is 261 g/mol. The standard InChI is InChI=1S/C11H13N5O.C2H6/c1-8-12-15-11(17-8)9-4-5-10(14-13-9)16-6-2-3-7-16;1-2/h4-5H,2-3,6-7H2,1H3;1-2H3. The highest BCUT2D eigenvalue weighted by molar-refractivity contribution is 5.49. The maximum Gasteiger partial charge on any atom is 0.268 e. The summed E-state index contributed by atoms with van der Waals surface area (Å²) in [5, 5.41) is 16.0. The van der Waals surface area contributed by atoms with Crippen LogP contribution in [0.3, 0.4) is 0 Å². The summed E-state index contributed by atoms with van der Waals surface area (Å²) in [6.07, 6.45) is 2.46. The van der Waals surface area contributed by atoms with Gasteiger partial charge >= 0.3 is 0 Å². The Kier molecular flexibility index (Phi) is 4.43. The molecule has 0 aromatic carbocycles. The van der Waals surface area contributed by atoms with Gasteiger partial charge in [0.05, 0.1) is 0 Å². The molecule has 1 aliphatic heterocycles. The zero-order valence-electron chi connectivity index (χ0n) is 11.6. The van der Waals surface area contributed by atoms with Gasteiger partial charge in [-0.15, -0.1) is 20.4 Å².